The van der Waals surface area contributed by atoms with Gasteiger partial charge in [-0.2, -0.15) is 0 Å². The van der Waals surface area contributed by atoms with Crippen molar-refractivity contribution in [3.05, 3.63) is 23.9 Å². The molecule has 1 amide bonds. The minimum atomic E-state index is -0.0305. The Morgan fingerprint density at radius 2 is 2.17 bits per heavy atom. The molecule has 1 aromatic rings. The van der Waals surface area contributed by atoms with E-state index in [-0.39, 0.29) is 5.91 Å². The molecule has 0 radical (unpaired) electrons. The van der Waals surface area contributed by atoms with E-state index in [0.717, 1.165) is 12.4 Å². The van der Waals surface area contributed by atoms with Gasteiger partial charge >= 0.3 is 0 Å². The van der Waals surface area contributed by atoms with Crippen molar-refractivity contribution in [2.75, 3.05) is 18.9 Å². The lowest BCUT2D eigenvalue weighted by Crippen LogP contribution is -2.32. The lowest BCUT2D eigenvalue weighted by Gasteiger charge is -2.19. The van der Waals surface area contributed by atoms with Gasteiger partial charge in [0.15, 0.2) is 0 Å². The second kappa shape index (κ2) is 4.96. The molecule has 1 saturated carbocycles. The number of hydrogen-bond acceptors (Lipinski definition) is 3. The molecule has 1 fully saturated rings. The highest BCUT2D eigenvalue weighted by Gasteiger charge is 2.45. The maximum absolute atomic E-state index is 12.0. The summed E-state index contributed by atoms with van der Waals surface area (Å²) in [6.07, 6.45) is 4.06. The highest BCUT2D eigenvalue weighted by molar-refractivity contribution is 5.94. The third-order valence-electron chi connectivity index (χ3n) is 4.00. The SMILES string of the molecule is CNc1ccc(C(=O)NCC2(C(C)C)CC2)cn1. The summed E-state index contributed by atoms with van der Waals surface area (Å²) in [6.45, 7) is 5.22. The second-order valence-electron chi connectivity index (χ2n) is 5.38. The zero-order valence-corrected chi connectivity index (χ0v) is 11.3. The van der Waals surface area contributed by atoms with Gasteiger partial charge < -0.3 is 10.6 Å². The Hall–Kier alpha value is -1.58. The molecule has 1 aliphatic rings. The van der Waals surface area contributed by atoms with Gasteiger partial charge in [-0.3, -0.25) is 4.79 Å². The third kappa shape index (κ3) is 2.63. The molecule has 0 aromatic carbocycles. The van der Waals surface area contributed by atoms with Crippen molar-refractivity contribution in [2.24, 2.45) is 11.3 Å². The van der Waals surface area contributed by atoms with Gasteiger partial charge in [0.1, 0.15) is 5.82 Å². The van der Waals surface area contributed by atoms with Crippen molar-refractivity contribution in [3.63, 3.8) is 0 Å². The molecular formula is C14H21N3O. The number of rotatable bonds is 5. The fraction of sp³-hybridized carbons (Fsp3) is 0.571. The fourth-order valence-electron chi connectivity index (χ4n) is 2.15. The maximum Gasteiger partial charge on any atom is 0.252 e. The van der Waals surface area contributed by atoms with Gasteiger partial charge in [0.05, 0.1) is 5.56 Å². The Balaban J connectivity index is 1.91. The summed E-state index contributed by atoms with van der Waals surface area (Å²) in [4.78, 5) is 16.1. The number of amides is 1. The minimum absolute atomic E-state index is 0.0305. The molecule has 0 aliphatic heterocycles. The van der Waals surface area contributed by atoms with Crippen molar-refractivity contribution < 1.29 is 4.79 Å². The number of nitrogens with one attached hydrogen (secondary N) is 2. The molecule has 4 nitrogen and oxygen atoms in total. The first kappa shape index (κ1) is 12.9. The van der Waals surface area contributed by atoms with Crippen molar-refractivity contribution in [3.8, 4) is 0 Å². The molecule has 0 spiro atoms. The van der Waals surface area contributed by atoms with E-state index in [1.54, 1.807) is 12.3 Å². The van der Waals surface area contributed by atoms with Crippen LogP contribution in [0.25, 0.3) is 0 Å². The molecule has 4 heteroatoms. The van der Waals surface area contributed by atoms with Crippen molar-refractivity contribution >= 4 is 11.7 Å². The van der Waals surface area contributed by atoms with Crippen LogP contribution in [0.2, 0.25) is 0 Å². The van der Waals surface area contributed by atoms with E-state index in [1.807, 2.05) is 13.1 Å². The molecule has 1 aliphatic carbocycles. The number of carbonyl (C=O) groups is 1. The zero-order chi connectivity index (χ0) is 13.2. The minimum Gasteiger partial charge on any atom is -0.373 e. The standard InChI is InChI=1S/C14H21N3O/c1-10(2)14(6-7-14)9-17-13(18)11-4-5-12(15-3)16-8-11/h4-5,8,10H,6-7,9H2,1-3H3,(H,15,16)(H,17,18). The number of pyridine rings is 1. The summed E-state index contributed by atoms with van der Waals surface area (Å²) >= 11 is 0. The average molecular weight is 247 g/mol. The lowest BCUT2D eigenvalue weighted by molar-refractivity contribution is 0.0939. The molecule has 0 bridgehead atoms. The number of nitrogens with zero attached hydrogens (tertiary/aromatic N) is 1. The Bertz CT molecular complexity index is 421. The Kier molecular flexibility index (Phi) is 3.55. The van der Waals surface area contributed by atoms with E-state index in [4.69, 9.17) is 0 Å². The molecule has 0 saturated heterocycles. The Morgan fingerprint density at radius 3 is 2.61 bits per heavy atom. The van der Waals surface area contributed by atoms with Gasteiger partial charge in [0, 0.05) is 19.8 Å². The number of anilines is 1. The molecule has 2 rings (SSSR count). The van der Waals surface area contributed by atoms with Crippen molar-refractivity contribution in [2.45, 2.75) is 26.7 Å². The summed E-state index contributed by atoms with van der Waals surface area (Å²) in [5.74, 6) is 1.37. The molecule has 98 valence electrons. The Morgan fingerprint density at radius 1 is 1.44 bits per heavy atom. The van der Waals surface area contributed by atoms with Crippen LogP contribution in [0.5, 0.6) is 0 Å². The smallest absolute Gasteiger partial charge is 0.252 e. The maximum atomic E-state index is 12.0. The van der Waals surface area contributed by atoms with Gasteiger partial charge in [0.2, 0.25) is 0 Å². The first-order valence-corrected chi connectivity index (χ1v) is 6.49. The molecule has 0 atom stereocenters. The van der Waals surface area contributed by atoms with Crippen LogP contribution in [0.15, 0.2) is 18.3 Å². The van der Waals surface area contributed by atoms with Gasteiger partial charge in [0.25, 0.3) is 5.91 Å². The Labute approximate surface area is 108 Å². The molecular weight excluding hydrogens is 226 g/mol. The van der Waals surface area contributed by atoms with Crippen LogP contribution < -0.4 is 10.6 Å². The van der Waals surface area contributed by atoms with Crippen molar-refractivity contribution in [1.82, 2.24) is 10.3 Å². The van der Waals surface area contributed by atoms with Gasteiger partial charge in [-0.15, -0.1) is 0 Å². The van der Waals surface area contributed by atoms with Crippen LogP contribution in [0.3, 0.4) is 0 Å². The van der Waals surface area contributed by atoms with Crippen LogP contribution in [0.4, 0.5) is 5.82 Å². The predicted molar refractivity (Wildman–Crippen MR) is 72.6 cm³/mol. The normalized spacial score (nSPS) is 16.4. The topological polar surface area (TPSA) is 54.0 Å². The van der Waals surface area contributed by atoms with Crippen LogP contribution in [0.1, 0.15) is 37.0 Å². The summed E-state index contributed by atoms with van der Waals surface area (Å²) in [5, 5.41) is 5.95. The highest BCUT2D eigenvalue weighted by atomic mass is 16.1. The largest absolute Gasteiger partial charge is 0.373 e. The summed E-state index contributed by atoms with van der Waals surface area (Å²) in [7, 11) is 1.81. The lowest BCUT2D eigenvalue weighted by atomic mass is 9.92. The molecule has 1 aromatic heterocycles. The molecule has 1 heterocycles. The average Bonchev–Trinajstić information content (AvgIpc) is 3.17. The summed E-state index contributed by atoms with van der Waals surface area (Å²) in [6, 6.07) is 3.60. The van der Waals surface area contributed by atoms with Crippen LogP contribution in [-0.2, 0) is 0 Å². The van der Waals surface area contributed by atoms with Crippen LogP contribution >= 0.6 is 0 Å². The van der Waals surface area contributed by atoms with Crippen LogP contribution in [0, 0.1) is 11.3 Å². The van der Waals surface area contributed by atoms with Gasteiger partial charge in [-0.05, 0) is 36.3 Å². The number of hydrogen-bond donors (Lipinski definition) is 2. The van der Waals surface area contributed by atoms with E-state index in [1.165, 1.54) is 12.8 Å². The molecule has 2 N–H and O–H groups in total. The zero-order valence-electron chi connectivity index (χ0n) is 11.3. The van der Waals surface area contributed by atoms with E-state index in [0.29, 0.717) is 16.9 Å². The first-order chi connectivity index (χ1) is 8.57. The van der Waals surface area contributed by atoms with Crippen molar-refractivity contribution in [1.29, 1.82) is 0 Å². The fourth-order valence-corrected chi connectivity index (χ4v) is 2.15. The monoisotopic (exact) mass is 247 g/mol. The quantitative estimate of drug-likeness (QED) is 0.839. The van der Waals surface area contributed by atoms with E-state index in [9.17, 15) is 4.79 Å². The van der Waals surface area contributed by atoms with Gasteiger partial charge in [-0.1, -0.05) is 13.8 Å². The first-order valence-electron chi connectivity index (χ1n) is 6.49. The number of aromatic nitrogens is 1. The van der Waals surface area contributed by atoms with E-state index >= 15 is 0 Å². The summed E-state index contributed by atoms with van der Waals surface area (Å²) in [5.41, 5.74) is 0.960. The summed E-state index contributed by atoms with van der Waals surface area (Å²) < 4.78 is 0. The van der Waals surface area contributed by atoms with E-state index < -0.39 is 0 Å². The molecule has 18 heavy (non-hydrogen) atoms. The highest BCUT2D eigenvalue weighted by Crippen LogP contribution is 2.51. The van der Waals surface area contributed by atoms with E-state index in [2.05, 4.69) is 29.5 Å². The second-order valence-corrected chi connectivity index (χ2v) is 5.38. The van der Waals surface area contributed by atoms with Crippen LogP contribution in [-0.4, -0.2) is 24.5 Å². The number of carbonyl (C=O) groups excluding carboxylic acids is 1. The third-order valence-corrected chi connectivity index (χ3v) is 4.00. The molecule has 0 unspecified atom stereocenters. The predicted octanol–water partition coefficient (Wildman–Crippen LogP) is 2.29. The van der Waals surface area contributed by atoms with Gasteiger partial charge in [-0.25, -0.2) is 4.98 Å².